The third-order valence-corrected chi connectivity index (χ3v) is 3.62. The molecule has 5 nitrogen and oxygen atoms in total. The van der Waals surface area contributed by atoms with Gasteiger partial charge in [-0.25, -0.2) is 4.98 Å². The second kappa shape index (κ2) is 5.45. The largest absolute Gasteiger partial charge is 0.362 e. The number of nitrogens with one attached hydrogen (secondary N) is 2. The molecule has 2 N–H and O–H groups in total. The summed E-state index contributed by atoms with van der Waals surface area (Å²) in [5, 5.41) is 9.70. The molecular weight excluding hydrogens is 266 g/mol. The number of fused-ring (bicyclic) bond motifs is 1. The van der Waals surface area contributed by atoms with Crippen LogP contribution in [0.2, 0.25) is 0 Å². The lowest BCUT2D eigenvalue weighted by Crippen LogP contribution is -2.31. The Morgan fingerprint density at radius 2 is 2.39 bits per heavy atom. The van der Waals surface area contributed by atoms with Crippen molar-refractivity contribution < 1.29 is 0 Å². The molecule has 96 valence electrons. The van der Waals surface area contributed by atoms with Gasteiger partial charge in [0.05, 0.1) is 17.6 Å². The van der Waals surface area contributed by atoms with E-state index in [1.54, 1.807) is 17.6 Å². The Morgan fingerprint density at radius 3 is 3.11 bits per heavy atom. The number of rotatable bonds is 3. The lowest BCUT2D eigenvalue weighted by atomic mass is 10.3. The van der Waals surface area contributed by atoms with Gasteiger partial charge >= 0.3 is 0 Å². The Labute approximate surface area is 115 Å². The fraction of sp³-hybridized carbons (Fsp3) is 0.364. The van der Waals surface area contributed by atoms with E-state index < -0.39 is 0 Å². The van der Waals surface area contributed by atoms with Crippen molar-refractivity contribution in [2.24, 2.45) is 5.10 Å². The zero-order valence-electron chi connectivity index (χ0n) is 10.5. The highest BCUT2D eigenvalue weighted by Gasteiger charge is 2.09. The Kier molecular flexibility index (Phi) is 3.93. The number of imidazole rings is 1. The maximum atomic E-state index is 5.03. The van der Waals surface area contributed by atoms with E-state index >= 15 is 0 Å². The van der Waals surface area contributed by atoms with Gasteiger partial charge in [0.25, 0.3) is 0 Å². The number of hydrogen-bond donors (Lipinski definition) is 2. The number of thiocarbonyl (C=S) groups is 1. The SMILES string of the molecule is CCNC(=S)N/N=C\c1c(C)nc2scc(C)n12. The standard InChI is InChI=1S/C11H15N5S2/c1-4-12-10(17)15-13-5-9-8(3)14-11-16(9)7(2)6-18-11/h5-6H,4H2,1-3H3,(H2,12,15,17)/b13-5-. The second-order valence-corrected chi connectivity index (χ2v) is 5.05. The van der Waals surface area contributed by atoms with Crippen LogP contribution in [0.3, 0.4) is 0 Å². The van der Waals surface area contributed by atoms with Crippen LogP contribution in [0.1, 0.15) is 24.0 Å². The van der Waals surface area contributed by atoms with Crippen LogP contribution in [0.4, 0.5) is 0 Å². The lowest BCUT2D eigenvalue weighted by molar-refractivity contribution is 0.903. The Bertz CT molecular complexity index is 596. The van der Waals surface area contributed by atoms with Gasteiger partial charge in [-0.15, -0.1) is 11.3 Å². The molecule has 2 heterocycles. The zero-order valence-corrected chi connectivity index (χ0v) is 12.2. The maximum absolute atomic E-state index is 5.03. The quantitative estimate of drug-likeness (QED) is 0.512. The van der Waals surface area contributed by atoms with Crippen molar-refractivity contribution in [1.82, 2.24) is 20.1 Å². The molecule has 0 amide bonds. The molecule has 0 aliphatic heterocycles. The van der Waals surface area contributed by atoms with E-state index in [9.17, 15) is 0 Å². The van der Waals surface area contributed by atoms with Gasteiger partial charge in [-0.2, -0.15) is 5.10 Å². The van der Waals surface area contributed by atoms with Gasteiger partial charge < -0.3 is 5.32 Å². The molecule has 2 rings (SSSR count). The van der Waals surface area contributed by atoms with E-state index in [4.69, 9.17) is 12.2 Å². The minimum atomic E-state index is 0.522. The summed E-state index contributed by atoms with van der Waals surface area (Å²) in [6.07, 6.45) is 1.75. The van der Waals surface area contributed by atoms with E-state index in [1.807, 2.05) is 13.8 Å². The average molecular weight is 281 g/mol. The predicted octanol–water partition coefficient (Wildman–Crippen LogP) is 1.83. The topological polar surface area (TPSA) is 53.7 Å². The predicted molar refractivity (Wildman–Crippen MR) is 79.5 cm³/mol. The number of nitrogens with zero attached hydrogens (tertiary/aromatic N) is 3. The van der Waals surface area contributed by atoms with Crippen molar-refractivity contribution in [3.63, 3.8) is 0 Å². The van der Waals surface area contributed by atoms with Crippen LogP contribution in [0, 0.1) is 13.8 Å². The third kappa shape index (κ3) is 2.51. The number of thiazole rings is 1. The van der Waals surface area contributed by atoms with E-state index in [-0.39, 0.29) is 0 Å². The fourth-order valence-corrected chi connectivity index (χ4v) is 2.75. The summed E-state index contributed by atoms with van der Waals surface area (Å²) in [5.41, 5.74) is 5.88. The molecule has 7 heteroatoms. The number of hydrazone groups is 1. The normalized spacial score (nSPS) is 11.3. The average Bonchev–Trinajstić information content (AvgIpc) is 2.81. The van der Waals surface area contributed by atoms with Crippen LogP contribution in [0.15, 0.2) is 10.5 Å². The van der Waals surface area contributed by atoms with E-state index in [0.29, 0.717) is 5.11 Å². The Balaban J connectivity index is 2.20. The lowest BCUT2D eigenvalue weighted by Gasteiger charge is -2.02. The Morgan fingerprint density at radius 1 is 1.61 bits per heavy atom. The molecule has 18 heavy (non-hydrogen) atoms. The molecule has 2 aromatic rings. The van der Waals surface area contributed by atoms with Crippen molar-refractivity contribution in [3.05, 3.63) is 22.5 Å². The summed E-state index contributed by atoms with van der Waals surface area (Å²) < 4.78 is 2.08. The summed E-state index contributed by atoms with van der Waals surface area (Å²) in [5.74, 6) is 0. The highest BCUT2D eigenvalue weighted by molar-refractivity contribution is 7.80. The first kappa shape index (κ1) is 13.0. The van der Waals surface area contributed by atoms with Gasteiger partial charge in [-0.3, -0.25) is 9.83 Å². The van der Waals surface area contributed by atoms with Gasteiger partial charge in [0.1, 0.15) is 0 Å². The second-order valence-electron chi connectivity index (χ2n) is 3.81. The van der Waals surface area contributed by atoms with Crippen LogP contribution in [0.25, 0.3) is 4.96 Å². The van der Waals surface area contributed by atoms with Crippen molar-refractivity contribution in [3.8, 4) is 0 Å². The molecule has 0 radical (unpaired) electrons. The van der Waals surface area contributed by atoms with Gasteiger partial charge in [-0.1, -0.05) is 0 Å². The molecule has 0 aliphatic carbocycles. The molecule has 0 saturated heterocycles. The minimum absolute atomic E-state index is 0.522. The third-order valence-electron chi connectivity index (χ3n) is 2.44. The van der Waals surface area contributed by atoms with Gasteiger partial charge in [0.15, 0.2) is 10.1 Å². The smallest absolute Gasteiger partial charge is 0.194 e. The van der Waals surface area contributed by atoms with Crippen molar-refractivity contribution in [2.75, 3.05) is 6.54 Å². The molecule has 2 aromatic heterocycles. The van der Waals surface area contributed by atoms with Crippen LogP contribution in [0.5, 0.6) is 0 Å². The van der Waals surface area contributed by atoms with Gasteiger partial charge in [0.2, 0.25) is 0 Å². The molecule has 0 aliphatic rings. The summed E-state index contributed by atoms with van der Waals surface area (Å²) in [6.45, 7) is 6.79. The number of hydrogen-bond acceptors (Lipinski definition) is 4. The highest BCUT2D eigenvalue weighted by Crippen LogP contribution is 2.18. The molecule has 0 atom stereocenters. The molecule has 0 saturated carbocycles. The molecule has 0 bridgehead atoms. The molecule has 0 spiro atoms. The molecular formula is C11H15N5S2. The van der Waals surface area contributed by atoms with Crippen LogP contribution >= 0.6 is 23.6 Å². The molecule has 0 aromatic carbocycles. The van der Waals surface area contributed by atoms with Crippen LogP contribution in [-0.2, 0) is 0 Å². The van der Waals surface area contributed by atoms with Crippen molar-refractivity contribution >= 4 is 39.8 Å². The van der Waals surface area contributed by atoms with E-state index in [2.05, 4.69) is 37.5 Å². The molecule has 0 fully saturated rings. The fourth-order valence-electron chi connectivity index (χ4n) is 1.63. The van der Waals surface area contributed by atoms with Crippen LogP contribution < -0.4 is 10.7 Å². The highest BCUT2D eigenvalue weighted by atomic mass is 32.1. The number of aryl methyl sites for hydroxylation is 2. The van der Waals surface area contributed by atoms with Gasteiger partial charge in [-0.05, 0) is 33.0 Å². The minimum Gasteiger partial charge on any atom is -0.362 e. The number of aromatic nitrogens is 2. The first-order chi connectivity index (χ1) is 8.63. The monoisotopic (exact) mass is 281 g/mol. The molecule has 0 unspecified atom stereocenters. The van der Waals surface area contributed by atoms with Crippen LogP contribution in [-0.4, -0.2) is 27.3 Å². The Hall–Kier alpha value is -1.47. The summed E-state index contributed by atoms with van der Waals surface area (Å²) >= 11 is 6.66. The first-order valence-electron chi connectivity index (χ1n) is 5.63. The maximum Gasteiger partial charge on any atom is 0.194 e. The zero-order chi connectivity index (χ0) is 13.1. The summed E-state index contributed by atoms with van der Waals surface area (Å²) in [7, 11) is 0. The van der Waals surface area contributed by atoms with E-state index in [0.717, 1.165) is 28.6 Å². The first-order valence-corrected chi connectivity index (χ1v) is 6.92. The van der Waals surface area contributed by atoms with Gasteiger partial charge in [0, 0.05) is 17.6 Å². The summed E-state index contributed by atoms with van der Waals surface area (Å²) in [4.78, 5) is 5.47. The van der Waals surface area contributed by atoms with Crippen molar-refractivity contribution in [2.45, 2.75) is 20.8 Å². The van der Waals surface area contributed by atoms with E-state index in [1.165, 1.54) is 0 Å². The van der Waals surface area contributed by atoms with Crippen molar-refractivity contribution in [1.29, 1.82) is 0 Å². The summed E-state index contributed by atoms with van der Waals surface area (Å²) in [6, 6.07) is 0.